The van der Waals surface area contributed by atoms with Gasteiger partial charge in [0.15, 0.2) is 6.73 Å². The number of hydrogen-bond acceptors (Lipinski definition) is 3. The zero-order valence-corrected chi connectivity index (χ0v) is 15.3. The van der Waals surface area contributed by atoms with Crippen molar-refractivity contribution in [3.63, 3.8) is 0 Å². The molecule has 0 saturated carbocycles. The van der Waals surface area contributed by atoms with Crippen molar-refractivity contribution in [2.75, 3.05) is 44.4 Å². The van der Waals surface area contributed by atoms with E-state index in [1.165, 1.54) is 10.8 Å². The third-order valence-electron chi connectivity index (χ3n) is 5.76. The summed E-state index contributed by atoms with van der Waals surface area (Å²) in [7, 11) is 0. The number of quaternary nitrogens is 1. The molecule has 134 valence electrons. The fraction of sp³-hybridized carbons (Fsp3) is 0.318. The molecular weight excluding hydrogens is 322 g/mol. The molecule has 1 fully saturated rings. The first-order valence-electron chi connectivity index (χ1n) is 9.41. The van der Waals surface area contributed by atoms with E-state index in [9.17, 15) is 5.11 Å². The highest BCUT2D eigenvalue weighted by molar-refractivity contribution is 5.96. The molecule has 0 aliphatic carbocycles. The van der Waals surface area contributed by atoms with Crippen LogP contribution in [0.25, 0.3) is 22.0 Å². The maximum Gasteiger partial charge on any atom is 0.180 e. The second kappa shape index (κ2) is 7.06. The average molecular weight is 348 g/mol. The largest absolute Gasteiger partial charge is 0.347 e. The number of hydrogen-bond donors (Lipinski definition) is 1. The van der Waals surface area contributed by atoms with Crippen molar-refractivity contribution < 1.29 is 9.59 Å². The number of rotatable bonds is 4. The molecule has 1 saturated heterocycles. The number of nitrogens with zero attached hydrogens (tertiary/aromatic N) is 3. The lowest BCUT2D eigenvalue weighted by Crippen LogP contribution is -2.60. The Kier molecular flexibility index (Phi) is 4.62. The Hall–Kier alpha value is -2.43. The quantitative estimate of drug-likeness (QED) is 0.733. The Morgan fingerprint density at radius 2 is 1.69 bits per heavy atom. The average Bonchev–Trinajstić information content (AvgIpc) is 2.73. The van der Waals surface area contributed by atoms with Gasteiger partial charge >= 0.3 is 0 Å². The first-order chi connectivity index (χ1) is 12.7. The number of aliphatic hydroxyl groups is 1. The lowest BCUT2D eigenvalue weighted by atomic mass is 10.0. The van der Waals surface area contributed by atoms with E-state index in [1.54, 1.807) is 0 Å². The van der Waals surface area contributed by atoms with Crippen molar-refractivity contribution in [2.45, 2.75) is 6.92 Å². The van der Waals surface area contributed by atoms with Crippen LogP contribution in [0.4, 0.5) is 5.82 Å². The van der Waals surface area contributed by atoms with Gasteiger partial charge in [-0.2, -0.15) is 0 Å². The SMILES string of the molecule is CC[N+]1(CO)CCN(c2cc3ccccc3c(-c3ccccc3)n2)CC1. The van der Waals surface area contributed by atoms with Gasteiger partial charge in [-0.3, -0.25) is 4.48 Å². The number of likely N-dealkylation sites (N-methyl/N-ethyl adjacent to an activating group) is 1. The number of pyridine rings is 1. The number of piperazine rings is 1. The molecule has 0 amide bonds. The Morgan fingerprint density at radius 1 is 1.00 bits per heavy atom. The summed E-state index contributed by atoms with van der Waals surface area (Å²) in [5.74, 6) is 1.04. The highest BCUT2D eigenvalue weighted by Gasteiger charge is 2.31. The molecule has 1 aliphatic rings. The van der Waals surface area contributed by atoms with Crippen LogP contribution in [0, 0.1) is 0 Å². The zero-order chi connectivity index (χ0) is 18.0. The van der Waals surface area contributed by atoms with Crippen molar-refractivity contribution in [1.29, 1.82) is 0 Å². The van der Waals surface area contributed by atoms with Crippen molar-refractivity contribution in [2.24, 2.45) is 0 Å². The van der Waals surface area contributed by atoms with E-state index >= 15 is 0 Å². The van der Waals surface area contributed by atoms with E-state index in [0.717, 1.165) is 54.3 Å². The smallest absolute Gasteiger partial charge is 0.180 e. The topological polar surface area (TPSA) is 36.4 Å². The normalized spacial score (nSPS) is 16.8. The lowest BCUT2D eigenvalue weighted by Gasteiger charge is -2.43. The summed E-state index contributed by atoms with van der Waals surface area (Å²) in [5, 5.41) is 12.2. The van der Waals surface area contributed by atoms with Gasteiger partial charge in [0.1, 0.15) is 5.82 Å². The molecule has 0 atom stereocenters. The summed E-state index contributed by atoms with van der Waals surface area (Å²) in [4.78, 5) is 7.41. The molecule has 4 nitrogen and oxygen atoms in total. The summed E-state index contributed by atoms with van der Waals surface area (Å²) in [5.41, 5.74) is 2.19. The standard InChI is InChI=1S/C22H26N3O/c1-2-25(17-26)14-12-24(13-15-25)21-16-19-10-6-7-11-20(19)22(23-21)18-8-4-3-5-9-18/h3-11,16,26H,2,12-15,17H2,1H3/q+1. The highest BCUT2D eigenvalue weighted by atomic mass is 16.3. The van der Waals surface area contributed by atoms with Crippen molar-refractivity contribution in [1.82, 2.24) is 4.98 Å². The molecule has 26 heavy (non-hydrogen) atoms. The zero-order valence-electron chi connectivity index (χ0n) is 15.3. The highest BCUT2D eigenvalue weighted by Crippen LogP contribution is 2.31. The summed E-state index contributed by atoms with van der Waals surface area (Å²) in [6.07, 6.45) is 0. The fourth-order valence-electron chi connectivity index (χ4n) is 3.84. The van der Waals surface area contributed by atoms with Gasteiger partial charge < -0.3 is 10.0 Å². The minimum Gasteiger partial charge on any atom is -0.347 e. The molecule has 3 aromatic rings. The Morgan fingerprint density at radius 3 is 2.38 bits per heavy atom. The van der Waals surface area contributed by atoms with E-state index in [-0.39, 0.29) is 6.73 Å². The van der Waals surface area contributed by atoms with Crippen LogP contribution in [0.5, 0.6) is 0 Å². The molecule has 1 aliphatic heterocycles. The number of benzene rings is 2. The first-order valence-corrected chi connectivity index (χ1v) is 9.41. The second-order valence-electron chi connectivity index (χ2n) is 7.15. The van der Waals surface area contributed by atoms with E-state index in [1.807, 2.05) is 6.07 Å². The monoisotopic (exact) mass is 348 g/mol. The Bertz CT molecular complexity index is 880. The molecule has 4 rings (SSSR count). The molecule has 0 unspecified atom stereocenters. The molecule has 1 aromatic heterocycles. The van der Waals surface area contributed by atoms with Gasteiger partial charge in [-0.25, -0.2) is 4.98 Å². The third kappa shape index (κ3) is 3.06. The van der Waals surface area contributed by atoms with E-state index in [0.29, 0.717) is 0 Å². The summed E-state index contributed by atoms with van der Waals surface area (Å²) >= 11 is 0. The minimum atomic E-state index is 0.227. The van der Waals surface area contributed by atoms with Crippen molar-refractivity contribution >= 4 is 16.6 Å². The van der Waals surface area contributed by atoms with Gasteiger partial charge in [-0.1, -0.05) is 54.6 Å². The van der Waals surface area contributed by atoms with E-state index in [2.05, 4.69) is 66.4 Å². The molecule has 2 aromatic carbocycles. The van der Waals surface area contributed by atoms with E-state index < -0.39 is 0 Å². The van der Waals surface area contributed by atoms with Crippen molar-refractivity contribution in [3.8, 4) is 11.3 Å². The molecule has 0 bridgehead atoms. The summed E-state index contributed by atoms with van der Waals surface area (Å²) in [6, 6.07) is 21.1. The molecule has 1 N–H and O–H groups in total. The number of fused-ring (bicyclic) bond motifs is 1. The predicted octanol–water partition coefficient (Wildman–Crippen LogP) is 3.51. The summed E-state index contributed by atoms with van der Waals surface area (Å²) < 4.78 is 0.787. The number of anilines is 1. The molecule has 4 heteroatoms. The minimum absolute atomic E-state index is 0.227. The summed E-state index contributed by atoms with van der Waals surface area (Å²) in [6.45, 7) is 7.13. The van der Waals surface area contributed by atoms with Crippen LogP contribution < -0.4 is 4.90 Å². The molecular formula is C22H26N3O+. The van der Waals surface area contributed by atoms with Crippen LogP contribution in [0.15, 0.2) is 60.7 Å². The predicted molar refractivity (Wildman–Crippen MR) is 107 cm³/mol. The van der Waals surface area contributed by atoms with Gasteiger partial charge in [-0.05, 0) is 18.4 Å². The molecule has 0 spiro atoms. The lowest BCUT2D eigenvalue weighted by molar-refractivity contribution is -0.943. The van der Waals surface area contributed by atoms with Gasteiger partial charge in [0.05, 0.1) is 38.4 Å². The molecule has 0 radical (unpaired) electrons. The van der Waals surface area contributed by atoms with E-state index in [4.69, 9.17) is 4.98 Å². The Labute approximate surface area is 154 Å². The molecule has 2 heterocycles. The Balaban J connectivity index is 1.73. The number of aliphatic hydroxyl groups excluding tert-OH is 1. The first kappa shape index (κ1) is 17.0. The van der Waals surface area contributed by atoms with Crippen molar-refractivity contribution in [3.05, 3.63) is 60.7 Å². The van der Waals surface area contributed by atoms with Crippen LogP contribution >= 0.6 is 0 Å². The van der Waals surface area contributed by atoms with Crippen LogP contribution in [0.3, 0.4) is 0 Å². The van der Waals surface area contributed by atoms with Gasteiger partial charge in [0.25, 0.3) is 0 Å². The van der Waals surface area contributed by atoms with Gasteiger partial charge in [0, 0.05) is 10.9 Å². The van der Waals surface area contributed by atoms with Crippen LogP contribution in [0.1, 0.15) is 6.92 Å². The van der Waals surface area contributed by atoms with Crippen LogP contribution in [-0.4, -0.2) is 54.0 Å². The fourth-order valence-corrected chi connectivity index (χ4v) is 3.84. The second-order valence-corrected chi connectivity index (χ2v) is 7.15. The third-order valence-corrected chi connectivity index (χ3v) is 5.76. The maximum atomic E-state index is 9.77. The van der Waals surface area contributed by atoms with Crippen LogP contribution in [-0.2, 0) is 0 Å². The van der Waals surface area contributed by atoms with Gasteiger partial charge in [-0.15, -0.1) is 0 Å². The van der Waals surface area contributed by atoms with Gasteiger partial charge in [0.2, 0.25) is 0 Å². The number of aromatic nitrogens is 1. The van der Waals surface area contributed by atoms with Crippen LogP contribution in [0.2, 0.25) is 0 Å². The maximum absolute atomic E-state index is 9.77.